The first-order valence-electron chi connectivity index (χ1n) is 17.1. The fourth-order valence-electron chi connectivity index (χ4n) is 6.60. The van der Waals surface area contributed by atoms with Crippen LogP contribution in [0.4, 0.5) is 45.0 Å². The summed E-state index contributed by atoms with van der Waals surface area (Å²) in [7, 11) is 5.02. The molecule has 1 unspecified atom stereocenters. The molecular weight excluding hydrogens is 696 g/mol. The lowest BCUT2D eigenvalue weighted by Gasteiger charge is -2.27. The van der Waals surface area contributed by atoms with Crippen LogP contribution < -0.4 is 41.1 Å². The Hall–Kier alpha value is -7.04. The SMILES string of the molecule is COc1cc(NC(=O)NCCCNc2cccc3c2C(=O)N(C2CCC(=O)NC2=O)C3=O)ccc1Nc1ncc2c(n1)N(C)c1ccccc1C(=O)N2C. The molecule has 1 saturated heterocycles. The molecule has 17 heteroatoms. The number of hydrogen-bond donors (Lipinski definition) is 5. The molecule has 4 heterocycles. The van der Waals surface area contributed by atoms with Gasteiger partial charge < -0.3 is 35.8 Å². The van der Waals surface area contributed by atoms with Gasteiger partial charge in [-0.25, -0.2) is 9.78 Å². The Morgan fingerprint density at radius 1 is 0.889 bits per heavy atom. The quantitative estimate of drug-likeness (QED) is 0.117. The van der Waals surface area contributed by atoms with E-state index in [9.17, 15) is 28.8 Å². The molecule has 0 radical (unpaired) electrons. The molecule has 3 aromatic carbocycles. The fourth-order valence-corrected chi connectivity index (χ4v) is 6.60. The number of para-hydroxylation sites is 1. The van der Waals surface area contributed by atoms with E-state index >= 15 is 0 Å². The number of nitrogens with zero attached hydrogens (tertiary/aromatic N) is 5. The molecule has 0 spiro atoms. The van der Waals surface area contributed by atoms with Crippen molar-refractivity contribution in [2.24, 2.45) is 0 Å². The number of nitrogens with one attached hydrogen (secondary N) is 5. The molecule has 5 N–H and O–H groups in total. The highest BCUT2D eigenvalue weighted by molar-refractivity contribution is 6.25. The molecule has 276 valence electrons. The number of imide groups is 2. The third kappa shape index (κ3) is 6.57. The molecule has 1 atom stereocenters. The standard InChI is InChI=1S/C37H36N10O7/c1-45-25-11-5-4-8-21(25)33(50)46(2)27-19-40-36(44-31(27)45)42-23-13-12-20(18-28(23)54-3)41-37(53)39-17-7-16-38-24-10-6-9-22-30(24)35(52)47(34(22)51)26-14-15-29(48)43-32(26)49/h4-6,8-13,18-19,26,38H,7,14-17H2,1-3H3,(H2,39,41,53)(H,40,42,44)(H,43,48,49). The summed E-state index contributed by atoms with van der Waals surface area (Å²) in [6, 6.07) is 15.7. The maximum atomic E-state index is 13.3. The topological polar surface area (TPSA) is 207 Å². The molecular formula is C37H36N10O7. The van der Waals surface area contributed by atoms with Crippen molar-refractivity contribution >= 4 is 75.8 Å². The molecule has 3 aliphatic rings. The second-order valence-electron chi connectivity index (χ2n) is 12.7. The number of piperidine rings is 1. The van der Waals surface area contributed by atoms with Crippen molar-refractivity contribution < 1.29 is 33.5 Å². The Bertz CT molecular complexity index is 2230. The molecule has 17 nitrogen and oxygen atoms in total. The van der Waals surface area contributed by atoms with Crippen LogP contribution >= 0.6 is 0 Å². The number of rotatable bonds is 10. The first kappa shape index (κ1) is 35.4. The van der Waals surface area contributed by atoms with Crippen molar-refractivity contribution in [3.05, 3.63) is 83.6 Å². The predicted octanol–water partition coefficient (Wildman–Crippen LogP) is 3.61. The molecule has 1 fully saturated rings. The lowest BCUT2D eigenvalue weighted by Crippen LogP contribution is -2.54. The van der Waals surface area contributed by atoms with E-state index in [0.717, 1.165) is 4.90 Å². The molecule has 0 saturated carbocycles. The van der Waals surface area contributed by atoms with Crippen molar-refractivity contribution in [3.8, 4) is 5.75 Å². The van der Waals surface area contributed by atoms with Gasteiger partial charge in [0.05, 0.1) is 41.4 Å². The number of carbonyl (C=O) groups is 6. The largest absolute Gasteiger partial charge is 0.494 e. The lowest BCUT2D eigenvalue weighted by atomic mass is 10.0. The third-order valence-electron chi connectivity index (χ3n) is 9.36. The van der Waals surface area contributed by atoms with Crippen LogP contribution in [0, 0.1) is 0 Å². The summed E-state index contributed by atoms with van der Waals surface area (Å²) in [4.78, 5) is 89.6. The van der Waals surface area contributed by atoms with Gasteiger partial charge in [0.2, 0.25) is 17.8 Å². The summed E-state index contributed by atoms with van der Waals surface area (Å²) in [5.74, 6) is -1.24. The molecule has 54 heavy (non-hydrogen) atoms. The molecule has 7 amide bonds. The highest BCUT2D eigenvalue weighted by Crippen LogP contribution is 2.39. The van der Waals surface area contributed by atoms with Crippen molar-refractivity contribution in [1.82, 2.24) is 25.5 Å². The summed E-state index contributed by atoms with van der Waals surface area (Å²) < 4.78 is 5.58. The summed E-state index contributed by atoms with van der Waals surface area (Å²) in [6.07, 6.45) is 2.17. The Morgan fingerprint density at radius 2 is 1.69 bits per heavy atom. The molecule has 4 aromatic rings. The minimum atomic E-state index is -1.05. The van der Waals surface area contributed by atoms with E-state index in [2.05, 4.69) is 31.6 Å². The Balaban J connectivity index is 0.930. The van der Waals surface area contributed by atoms with Crippen LogP contribution in [0.25, 0.3) is 0 Å². The minimum absolute atomic E-state index is 0.0368. The fraction of sp³-hybridized carbons (Fsp3) is 0.243. The first-order chi connectivity index (χ1) is 26.0. The maximum Gasteiger partial charge on any atom is 0.319 e. The highest BCUT2D eigenvalue weighted by Gasteiger charge is 2.45. The van der Waals surface area contributed by atoms with Crippen molar-refractivity contribution in [2.45, 2.75) is 25.3 Å². The second-order valence-corrected chi connectivity index (χ2v) is 12.7. The van der Waals surface area contributed by atoms with E-state index in [-0.39, 0.29) is 42.4 Å². The minimum Gasteiger partial charge on any atom is -0.494 e. The number of fused-ring (bicyclic) bond motifs is 3. The van der Waals surface area contributed by atoms with Crippen molar-refractivity contribution in [1.29, 1.82) is 0 Å². The van der Waals surface area contributed by atoms with Crippen LogP contribution in [-0.2, 0) is 9.59 Å². The van der Waals surface area contributed by atoms with Crippen molar-refractivity contribution in [2.75, 3.05) is 60.0 Å². The average Bonchev–Trinajstić information content (AvgIpc) is 3.39. The molecule has 0 bridgehead atoms. The van der Waals surface area contributed by atoms with E-state index in [4.69, 9.17) is 9.72 Å². The van der Waals surface area contributed by atoms with Gasteiger partial charge in [0.25, 0.3) is 17.7 Å². The number of anilines is 7. The van der Waals surface area contributed by atoms with Gasteiger partial charge in [0.1, 0.15) is 17.5 Å². The van der Waals surface area contributed by atoms with Gasteiger partial charge in [0, 0.05) is 51.0 Å². The lowest BCUT2D eigenvalue weighted by molar-refractivity contribution is -0.136. The zero-order valence-electron chi connectivity index (χ0n) is 29.6. The number of benzene rings is 3. The zero-order chi connectivity index (χ0) is 38.1. The van der Waals surface area contributed by atoms with Crippen LogP contribution in [0.5, 0.6) is 5.75 Å². The Labute approximate surface area is 309 Å². The maximum absolute atomic E-state index is 13.3. The van der Waals surface area contributed by atoms with E-state index < -0.39 is 35.7 Å². The summed E-state index contributed by atoms with van der Waals surface area (Å²) in [5, 5.41) is 14.1. The number of ether oxygens (including phenoxy) is 1. The zero-order valence-corrected chi connectivity index (χ0v) is 29.6. The number of amides is 7. The van der Waals surface area contributed by atoms with Gasteiger partial charge in [0.15, 0.2) is 5.82 Å². The number of aromatic nitrogens is 2. The number of methoxy groups -OCH3 is 1. The van der Waals surface area contributed by atoms with E-state index in [0.29, 0.717) is 58.5 Å². The smallest absolute Gasteiger partial charge is 0.319 e. The average molecular weight is 733 g/mol. The highest BCUT2D eigenvalue weighted by atomic mass is 16.5. The van der Waals surface area contributed by atoms with Crippen LogP contribution in [-0.4, -0.2) is 90.8 Å². The van der Waals surface area contributed by atoms with Crippen LogP contribution in [0.1, 0.15) is 50.3 Å². The second kappa shape index (κ2) is 14.5. The normalized spacial score (nSPS) is 16.2. The monoisotopic (exact) mass is 732 g/mol. The number of hydrogen-bond acceptors (Lipinski definition) is 12. The summed E-state index contributed by atoms with van der Waals surface area (Å²) >= 11 is 0. The summed E-state index contributed by atoms with van der Waals surface area (Å²) in [6.45, 7) is 0.653. The summed E-state index contributed by atoms with van der Waals surface area (Å²) in [5.41, 5.74) is 3.61. The molecule has 0 aliphatic carbocycles. The van der Waals surface area contributed by atoms with E-state index in [1.807, 2.05) is 30.1 Å². The molecule has 1 aromatic heterocycles. The Kier molecular flexibility index (Phi) is 9.52. The Morgan fingerprint density at radius 3 is 2.48 bits per heavy atom. The number of carbonyl (C=O) groups excluding carboxylic acids is 6. The van der Waals surface area contributed by atoms with Crippen LogP contribution in [0.2, 0.25) is 0 Å². The van der Waals surface area contributed by atoms with Crippen LogP contribution in [0.3, 0.4) is 0 Å². The molecule has 3 aliphatic heterocycles. The van der Waals surface area contributed by atoms with Crippen molar-refractivity contribution in [3.63, 3.8) is 0 Å². The van der Waals surface area contributed by atoms with E-state index in [1.165, 1.54) is 18.1 Å². The van der Waals surface area contributed by atoms with Gasteiger partial charge in [-0.1, -0.05) is 18.2 Å². The van der Waals surface area contributed by atoms with Gasteiger partial charge in [-0.3, -0.25) is 34.2 Å². The number of urea groups is 1. The van der Waals surface area contributed by atoms with E-state index in [1.54, 1.807) is 49.6 Å². The van der Waals surface area contributed by atoms with Gasteiger partial charge in [-0.15, -0.1) is 0 Å². The first-order valence-corrected chi connectivity index (χ1v) is 17.1. The predicted molar refractivity (Wildman–Crippen MR) is 199 cm³/mol. The van der Waals surface area contributed by atoms with Crippen LogP contribution in [0.15, 0.2) is 66.9 Å². The molecule has 7 rings (SSSR count). The third-order valence-corrected chi connectivity index (χ3v) is 9.36. The van der Waals surface area contributed by atoms with Gasteiger partial charge in [-0.2, -0.15) is 4.98 Å². The van der Waals surface area contributed by atoms with Gasteiger partial charge in [-0.05, 0) is 49.2 Å². The van der Waals surface area contributed by atoms with Gasteiger partial charge >= 0.3 is 6.03 Å².